The fourth-order valence-corrected chi connectivity index (χ4v) is 5.32. The van der Waals surface area contributed by atoms with E-state index < -0.39 is 0 Å². The van der Waals surface area contributed by atoms with Crippen molar-refractivity contribution in [3.8, 4) is 5.75 Å². The van der Waals surface area contributed by atoms with Gasteiger partial charge in [-0.25, -0.2) is 4.99 Å². The van der Waals surface area contributed by atoms with Crippen molar-refractivity contribution in [1.82, 2.24) is 9.88 Å². The third-order valence-electron chi connectivity index (χ3n) is 6.16. The molecule has 7 heteroatoms. The second-order valence-corrected chi connectivity index (χ2v) is 9.58. The van der Waals surface area contributed by atoms with Gasteiger partial charge < -0.3 is 9.64 Å². The van der Waals surface area contributed by atoms with Gasteiger partial charge in [-0.3, -0.25) is 14.7 Å². The predicted octanol–water partition coefficient (Wildman–Crippen LogP) is 5.88. The third-order valence-corrected chi connectivity index (χ3v) is 7.16. The minimum absolute atomic E-state index is 0.0734. The Morgan fingerprint density at radius 1 is 1.06 bits per heavy atom. The van der Waals surface area contributed by atoms with Crippen molar-refractivity contribution in [2.24, 2.45) is 4.99 Å². The molecular weight excluding hydrogens is 456 g/mol. The first-order chi connectivity index (χ1) is 17.2. The van der Waals surface area contributed by atoms with E-state index in [0.29, 0.717) is 16.6 Å². The maximum atomic E-state index is 13.5. The summed E-state index contributed by atoms with van der Waals surface area (Å²) in [6.45, 7) is 2.55. The summed E-state index contributed by atoms with van der Waals surface area (Å²) in [6.07, 6.45) is 9.15. The van der Waals surface area contributed by atoms with E-state index >= 15 is 0 Å². The van der Waals surface area contributed by atoms with E-state index in [0.717, 1.165) is 35.7 Å². The molecule has 2 fully saturated rings. The Bertz CT molecular complexity index is 1240. The van der Waals surface area contributed by atoms with E-state index in [-0.39, 0.29) is 5.91 Å². The van der Waals surface area contributed by atoms with Crippen LogP contribution >= 0.6 is 11.8 Å². The molecule has 35 heavy (non-hydrogen) atoms. The molecule has 3 heterocycles. The number of thioether (sulfide) groups is 1. The van der Waals surface area contributed by atoms with Crippen LogP contribution in [0.2, 0.25) is 0 Å². The number of anilines is 1. The molecule has 6 nitrogen and oxygen atoms in total. The van der Waals surface area contributed by atoms with E-state index in [2.05, 4.69) is 22.0 Å². The van der Waals surface area contributed by atoms with Crippen LogP contribution in [0, 0.1) is 0 Å². The van der Waals surface area contributed by atoms with Crippen molar-refractivity contribution in [2.75, 3.05) is 25.1 Å². The van der Waals surface area contributed by atoms with Crippen molar-refractivity contribution >= 4 is 40.3 Å². The van der Waals surface area contributed by atoms with Crippen LogP contribution in [0.3, 0.4) is 0 Å². The summed E-state index contributed by atoms with van der Waals surface area (Å²) < 4.78 is 5.72. The lowest BCUT2D eigenvalue weighted by Crippen LogP contribution is -2.29. The van der Waals surface area contributed by atoms with Crippen LogP contribution in [-0.4, -0.2) is 41.2 Å². The van der Waals surface area contributed by atoms with Crippen LogP contribution in [0.1, 0.15) is 30.4 Å². The highest BCUT2D eigenvalue weighted by Gasteiger charge is 2.33. The number of amides is 1. The number of piperidine rings is 1. The molecule has 0 atom stereocenters. The Morgan fingerprint density at radius 3 is 2.63 bits per heavy atom. The van der Waals surface area contributed by atoms with E-state index in [9.17, 15) is 4.79 Å². The molecule has 0 unspecified atom stereocenters. The number of aliphatic imine (C=N–C) groups is 1. The quantitative estimate of drug-likeness (QED) is 0.409. The standard InChI is InChI=1S/C28H28N4O2S/c1-34-25-18-24(31-15-6-3-7-16-31)13-12-22(25)17-26-27(33)32(20-21-9-8-14-29-19-21)28(35-26)30-23-10-4-2-5-11-23/h2,4-5,8-14,17-19H,3,6-7,15-16,20H2,1H3/b26-17-,30-28?. The maximum Gasteiger partial charge on any atom is 0.267 e. The lowest BCUT2D eigenvalue weighted by molar-refractivity contribution is -0.122. The van der Waals surface area contributed by atoms with Crippen LogP contribution in [0.25, 0.3) is 6.08 Å². The highest BCUT2D eigenvalue weighted by atomic mass is 32.2. The van der Waals surface area contributed by atoms with Crippen LogP contribution in [0.15, 0.2) is 83.0 Å². The molecule has 0 aliphatic carbocycles. The third kappa shape index (κ3) is 5.41. The summed E-state index contributed by atoms with van der Waals surface area (Å²) in [6, 6.07) is 19.8. The lowest BCUT2D eigenvalue weighted by Gasteiger charge is -2.29. The summed E-state index contributed by atoms with van der Waals surface area (Å²) in [7, 11) is 1.68. The molecule has 0 saturated carbocycles. The molecule has 2 saturated heterocycles. The molecule has 1 amide bonds. The number of carbonyl (C=O) groups excluding carboxylic acids is 1. The monoisotopic (exact) mass is 484 g/mol. The molecule has 0 N–H and O–H groups in total. The first-order valence-corrected chi connectivity index (χ1v) is 12.7. The summed E-state index contributed by atoms with van der Waals surface area (Å²) in [4.78, 5) is 27.2. The van der Waals surface area contributed by atoms with Crippen molar-refractivity contribution in [1.29, 1.82) is 0 Å². The molecule has 5 rings (SSSR count). The van der Waals surface area contributed by atoms with Crippen molar-refractivity contribution in [2.45, 2.75) is 25.8 Å². The van der Waals surface area contributed by atoms with Gasteiger partial charge >= 0.3 is 0 Å². The Balaban J connectivity index is 1.46. The van der Waals surface area contributed by atoms with E-state index in [1.807, 2.05) is 54.6 Å². The summed E-state index contributed by atoms with van der Waals surface area (Å²) in [5.74, 6) is 0.692. The fourth-order valence-electron chi connectivity index (χ4n) is 4.33. The first kappa shape index (κ1) is 23.2. The van der Waals surface area contributed by atoms with E-state index in [1.54, 1.807) is 24.4 Å². The summed E-state index contributed by atoms with van der Waals surface area (Å²) >= 11 is 1.39. The van der Waals surface area contributed by atoms with Crippen molar-refractivity contribution in [3.05, 3.63) is 89.1 Å². The number of para-hydroxylation sites is 1. The Hall–Kier alpha value is -3.58. The molecule has 2 aromatic carbocycles. The number of methoxy groups -OCH3 is 1. The molecule has 2 aliphatic heterocycles. The van der Waals surface area contributed by atoms with Gasteiger partial charge in [0.15, 0.2) is 5.17 Å². The predicted molar refractivity (Wildman–Crippen MR) is 143 cm³/mol. The molecular formula is C28H28N4O2S. The highest BCUT2D eigenvalue weighted by molar-refractivity contribution is 8.18. The average molecular weight is 485 g/mol. The number of ether oxygens (including phenoxy) is 1. The van der Waals surface area contributed by atoms with Crippen LogP contribution in [-0.2, 0) is 11.3 Å². The van der Waals surface area contributed by atoms with Gasteiger partial charge in [0.2, 0.25) is 0 Å². The number of aromatic nitrogens is 1. The van der Waals surface area contributed by atoms with Gasteiger partial charge in [-0.05, 0) is 73.0 Å². The molecule has 3 aromatic rings. The van der Waals surface area contributed by atoms with Gasteiger partial charge in [-0.1, -0.05) is 24.3 Å². The zero-order valence-corrected chi connectivity index (χ0v) is 20.6. The minimum Gasteiger partial charge on any atom is -0.496 e. The maximum absolute atomic E-state index is 13.5. The number of pyridine rings is 1. The van der Waals surface area contributed by atoms with Gasteiger partial charge in [0.25, 0.3) is 5.91 Å². The van der Waals surface area contributed by atoms with Crippen molar-refractivity contribution < 1.29 is 9.53 Å². The fraction of sp³-hybridized carbons (Fsp3) is 0.250. The second kappa shape index (κ2) is 10.8. The Morgan fingerprint density at radius 2 is 1.89 bits per heavy atom. The van der Waals surface area contributed by atoms with Crippen LogP contribution in [0.5, 0.6) is 5.75 Å². The zero-order chi connectivity index (χ0) is 24.0. The summed E-state index contributed by atoms with van der Waals surface area (Å²) in [5, 5.41) is 0.653. The Labute approximate surface area is 210 Å². The number of carbonyl (C=O) groups is 1. The van der Waals surface area contributed by atoms with Gasteiger partial charge in [-0.15, -0.1) is 0 Å². The van der Waals surface area contributed by atoms with Crippen LogP contribution in [0.4, 0.5) is 11.4 Å². The smallest absolute Gasteiger partial charge is 0.267 e. The van der Waals surface area contributed by atoms with Gasteiger partial charge in [-0.2, -0.15) is 0 Å². The molecule has 0 bridgehead atoms. The molecule has 178 valence electrons. The highest BCUT2D eigenvalue weighted by Crippen LogP contribution is 2.37. The molecule has 2 aliphatic rings. The minimum atomic E-state index is -0.0734. The molecule has 0 spiro atoms. The average Bonchev–Trinajstić information content (AvgIpc) is 3.19. The number of nitrogens with zero attached hydrogens (tertiary/aromatic N) is 4. The number of amidine groups is 1. The molecule has 1 aromatic heterocycles. The van der Waals surface area contributed by atoms with Gasteiger partial charge in [0.05, 0.1) is 24.2 Å². The topological polar surface area (TPSA) is 58.0 Å². The van der Waals surface area contributed by atoms with Crippen molar-refractivity contribution in [3.63, 3.8) is 0 Å². The largest absolute Gasteiger partial charge is 0.496 e. The molecule has 0 radical (unpaired) electrons. The summed E-state index contributed by atoms with van der Waals surface area (Å²) in [5.41, 5.74) is 3.81. The number of benzene rings is 2. The van der Waals surface area contributed by atoms with E-state index in [4.69, 9.17) is 9.73 Å². The van der Waals surface area contributed by atoms with E-state index in [1.165, 1.54) is 36.7 Å². The SMILES string of the molecule is COc1cc(N2CCCCC2)ccc1/C=C1\SC(=Nc2ccccc2)N(Cc2cccnc2)C1=O. The normalized spacial score (nSPS) is 18.5. The van der Waals surface area contributed by atoms with Gasteiger partial charge in [0, 0.05) is 42.8 Å². The number of rotatable bonds is 6. The number of hydrogen-bond acceptors (Lipinski definition) is 6. The lowest BCUT2D eigenvalue weighted by atomic mass is 10.1. The second-order valence-electron chi connectivity index (χ2n) is 8.57. The number of hydrogen-bond donors (Lipinski definition) is 0. The zero-order valence-electron chi connectivity index (χ0n) is 19.8. The van der Waals surface area contributed by atoms with Gasteiger partial charge in [0.1, 0.15) is 5.75 Å². The van der Waals surface area contributed by atoms with Crippen LogP contribution < -0.4 is 9.64 Å². The first-order valence-electron chi connectivity index (χ1n) is 11.9. The Kier molecular flexibility index (Phi) is 7.14.